The third-order valence-corrected chi connectivity index (χ3v) is 3.09. The SMILES string of the molecule is CCC(CC)n1ccc(CNCCOCCCl)n1. The number of hydrogen-bond acceptors (Lipinski definition) is 3. The Morgan fingerprint density at radius 2 is 2.17 bits per heavy atom. The van der Waals surface area contributed by atoms with Gasteiger partial charge in [-0.25, -0.2) is 0 Å². The fourth-order valence-corrected chi connectivity index (χ4v) is 1.96. The zero-order valence-electron chi connectivity index (χ0n) is 11.4. The van der Waals surface area contributed by atoms with Crippen LogP contribution in [0, 0.1) is 0 Å². The average molecular weight is 274 g/mol. The topological polar surface area (TPSA) is 39.1 Å². The molecule has 0 fully saturated rings. The number of aromatic nitrogens is 2. The molecule has 0 aliphatic rings. The van der Waals surface area contributed by atoms with Crippen molar-refractivity contribution in [3.8, 4) is 0 Å². The van der Waals surface area contributed by atoms with E-state index in [1.165, 1.54) is 0 Å². The van der Waals surface area contributed by atoms with E-state index in [4.69, 9.17) is 16.3 Å². The minimum absolute atomic E-state index is 0.519. The summed E-state index contributed by atoms with van der Waals surface area (Å²) in [4.78, 5) is 0. The zero-order valence-corrected chi connectivity index (χ0v) is 12.1. The van der Waals surface area contributed by atoms with E-state index < -0.39 is 0 Å². The Balaban J connectivity index is 2.23. The van der Waals surface area contributed by atoms with E-state index in [0.717, 1.165) is 31.6 Å². The Morgan fingerprint density at radius 1 is 1.39 bits per heavy atom. The molecule has 5 heteroatoms. The minimum atomic E-state index is 0.519. The van der Waals surface area contributed by atoms with Gasteiger partial charge in [0, 0.05) is 25.2 Å². The van der Waals surface area contributed by atoms with Crippen LogP contribution in [0.25, 0.3) is 0 Å². The van der Waals surface area contributed by atoms with Crippen molar-refractivity contribution in [2.24, 2.45) is 0 Å². The molecular formula is C13H24ClN3O. The lowest BCUT2D eigenvalue weighted by molar-refractivity contribution is 0.150. The van der Waals surface area contributed by atoms with E-state index in [1.807, 2.05) is 0 Å². The van der Waals surface area contributed by atoms with Crippen molar-refractivity contribution >= 4 is 11.6 Å². The molecule has 0 unspecified atom stereocenters. The second-order valence-electron chi connectivity index (χ2n) is 4.24. The summed E-state index contributed by atoms with van der Waals surface area (Å²) in [7, 11) is 0. The lowest BCUT2D eigenvalue weighted by Crippen LogP contribution is -2.20. The Kier molecular flexibility index (Phi) is 8.05. The summed E-state index contributed by atoms with van der Waals surface area (Å²) in [6, 6.07) is 2.59. The van der Waals surface area contributed by atoms with Gasteiger partial charge >= 0.3 is 0 Å². The van der Waals surface area contributed by atoms with Gasteiger partial charge in [-0.3, -0.25) is 4.68 Å². The molecule has 0 spiro atoms. The second kappa shape index (κ2) is 9.36. The third kappa shape index (κ3) is 5.38. The van der Waals surface area contributed by atoms with E-state index in [0.29, 0.717) is 25.1 Å². The molecule has 4 nitrogen and oxygen atoms in total. The van der Waals surface area contributed by atoms with Gasteiger partial charge in [0.2, 0.25) is 0 Å². The summed E-state index contributed by atoms with van der Waals surface area (Å²) in [5.74, 6) is 0.555. The first-order valence-electron chi connectivity index (χ1n) is 6.70. The molecule has 0 saturated heterocycles. The largest absolute Gasteiger partial charge is 0.379 e. The van der Waals surface area contributed by atoms with Gasteiger partial charge in [0.15, 0.2) is 0 Å². The van der Waals surface area contributed by atoms with Crippen molar-refractivity contribution in [1.82, 2.24) is 15.1 Å². The molecule has 0 amide bonds. The highest BCUT2D eigenvalue weighted by Gasteiger charge is 2.07. The number of hydrogen-bond donors (Lipinski definition) is 1. The fourth-order valence-electron chi connectivity index (χ4n) is 1.86. The van der Waals surface area contributed by atoms with E-state index in [-0.39, 0.29) is 0 Å². The molecule has 0 aliphatic heterocycles. The van der Waals surface area contributed by atoms with Crippen LogP contribution in [0.5, 0.6) is 0 Å². The van der Waals surface area contributed by atoms with Crippen LogP contribution in [-0.4, -0.2) is 35.4 Å². The summed E-state index contributed by atoms with van der Waals surface area (Å²) in [6.45, 7) is 7.32. The van der Waals surface area contributed by atoms with Crippen LogP contribution in [0.15, 0.2) is 12.3 Å². The van der Waals surface area contributed by atoms with Crippen molar-refractivity contribution in [2.45, 2.75) is 39.3 Å². The quantitative estimate of drug-likeness (QED) is 0.526. The number of halogens is 1. The summed E-state index contributed by atoms with van der Waals surface area (Å²) in [5.41, 5.74) is 1.08. The zero-order chi connectivity index (χ0) is 13.2. The summed E-state index contributed by atoms with van der Waals surface area (Å²) in [6.07, 6.45) is 4.31. The van der Waals surface area contributed by atoms with Gasteiger partial charge in [-0.05, 0) is 18.9 Å². The Hall–Kier alpha value is -0.580. The summed E-state index contributed by atoms with van der Waals surface area (Å²) >= 11 is 5.51. The van der Waals surface area contributed by atoms with Crippen LogP contribution in [-0.2, 0) is 11.3 Å². The van der Waals surface area contributed by atoms with E-state index in [9.17, 15) is 0 Å². The molecule has 0 saturated carbocycles. The molecule has 1 rings (SSSR count). The molecule has 0 bridgehead atoms. The number of alkyl halides is 1. The first-order valence-corrected chi connectivity index (χ1v) is 7.23. The molecular weight excluding hydrogens is 250 g/mol. The molecule has 0 atom stereocenters. The maximum absolute atomic E-state index is 5.51. The number of nitrogens with one attached hydrogen (secondary N) is 1. The maximum atomic E-state index is 5.51. The Labute approximate surface area is 115 Å². The lowest BCUT2D eigenvalue weighted by Gasteiger charge is -2.12. The van der Waals surface area contributed by atoms with Crippen LogP contribution in [0.3, 0.4) is 0 Å². The molecule has 1 aromatic rings. The highest BCUT2D eigenvalue weighted by molar-refractivity contribution is 6.17. The Bertz CT molecular complexity index is 313. The second-order valence-corrected chi connectivity index (χ2v) is 4.61. The third-order valence-electron chi connectivity index (χ3n) is 2.93. The number of rotatable bonds is 10. The first-order chi connectivity index (χ1) is 8.81. The smallest absolute Gasteiger partial charge is 0.0762 e. The van der Waals surface area contributed by atoms with Crippen LogP contribution in [0.1, 0.15) is 38.4 Å². The molecule has 0 aliphatic carbocycles. The van der Waals surface area contributed by atoms with E-state index in [1.54, 1.807) is 0 Å². The van der Waals surface area contributed by atoms with Gasteiger partial charge in [-0.15, -0.1) is 11.6 Å². The monoisotopic (exact) mass is 273 g/mol. The van der Waals surface area contributed by atoms with Crippen molar-refractivity contribution in [2.75, 3.05) is 25.6 Å². The predicted molar refractivity (Wildman–Crippen MR) is 75.1 cm³/mol. The molecule has 1 N–H and O–H groups in total. The lowest BCUT2D eigenvalue weighted by atomic mass is 10.2. The molecule has 1 aromatic heterocycles. The highest BCUT2D eigenvalue weighted by atomic mass is 35.5. The summed E-state index contributed by atoms with van der Waals surface area (Å²) in [5, 5.41) is 7.88. The first kappa shape index (κ1) is 15.5. The normalized spacial score (nSPS) is 11.3. The van der Waals surface area contributed by atoms with Crippen molar-refractivity contribution < 1.29 is 4.74 Å². The van der Waals surface area contributed by atoms with Gasteiger partial charge in [0.1, 0.15) is 0 Å². The standard InChI is InChI=1S/C13H24ClN3O/c1-3-13(4-2)17-8-5-12(16-17)11-15-7-10-18-9-6-14/h5,8,13,15H,3-4,6-7,9-11H2,1-2H3. The van der Waals surface area contributed by atoms with Gasteiger partial charge < -0.3 is 10.1 Å². The van der Waals surface area contributed by atoms with Crippen LogP contribution < -0.4 is 5.32 Å². The molecule has 0 aromatic carbocycles. The average Bonchev–Trinajstić information content (AvgIpc) is 2.84. The molecule has 0 radical (unpaired) electrons. The van der Waals surface area contributed by atoms with Crippen LogP contribution >= 0.6 is 11.6 Å². The van der Waals surface area contributed by atoms with Crippen molar-refractivity contribution in [1.29, 1.82) is 0 Å². The molecule has 1 heterocycles. The minimum Gasteiger partial charge on any atom is -0.379 e. The summed E-state index contributed by atoms with van der Waals surface area (Å²) < 4.78 is 7.35. The van der Waals surface area contributed by atoms with Gasteiger partial charge in [-0.1, -0.05) is 13.8 Å². The highest BCUT2D eigenvalue weighted by Crippen LogP contribution is 2.14. The van der Waals surface area contributed by atoms with E-state index in [2.05, 4.69) is 41.2 Å². The predicted octanol–water partition coefficient (Wildman–Crippen LogP) is 2.59. The number of ether oxygens (including phenoxy) is 1. The Morgan fingerprint density at radius 3 is 2.83 bits per heavy atom. The number of nitrogens with zero attached hydrogens (tertiary/aromatic N) is 2. The van der Waals surface area contributed by atoms with Gasteiger partial charge in [-0.2, -0.15) is 5.10 Å². The molecule has 104 valence electrons. The van der Waals surface area contributed by atoms with Crippen LogP contribution in [0.4, 0.5) is 0 Å². The van der Waals surface area contributed by atoms with Crippen molar-refractivity contribution in [3.63, 3.8) is 0 Å². The van der Waals surface area contributed by atoms with Crippen LogP contribution in [0.2, 0.25) is 0 Å². The van der Waals surface area contributed by atoms with Gasteiger partial charge in [0.05, 0.1) is 24.9 Å². The molecule has 18 heavy (non-hydrogen) atoms. The fraction of sp³-hybridized carbons (Fsp3) is 0.769. The maximum Gasteiger partial charge on any atom is 0.0762 e. The van der Waals surface area contributed by atoms with Crippen molar-refractivity contribution in [3.05, 3.63) is 18.0 Å². The van der Waals surface area contributed by atoms with Gasteiger partial charge in [0.25, 0.3) is 0 Å². The van der Waals surface area contributed by atoms with E-state index >= 15 is 0 Å².